The van der Waals surface area contributed by atoms with E-state index < -0.39 is 23.3 Å². The molecular formula is C21H24N4O5. The lowest BCUT2D eigenvalue weighted by Gasteiger charge is -2.15. The molecule has 3 aromatic rings. The Hall–Kier alpha value is -3.49. The zero-order valence-electron chi connectivity index (χ0n) is 17.8. The number of ketones is 1. The Morgan fingerprint density at radius 1 is 1.03 bits per heavy atom. The highest BCUT2D eigenvalue weighted by molar-refractivity contribution is 6.01. The smallest absolute Gasteiger partial charge is 0.332 e. The van der Waals surface area contributed by atoms with Gasteiger partial charge in [0.2, 0.25) is 5.78 Å². The number of hydrogen-bond acceptors (Lipinski definition) is 6. The highest BCUT2D eigenvalue weighted by Gasteiger charge is 2.23. The minimum Gasteiger partial charge on any atom is -0.453 e. The molecule has 0 bridgehead atoms. The van der Waals surface area contributed by atoms with Gasteiger partial charge < -0.3 is 9.30 Å². The SMILES string of the molecule is Cc1cc(C)c(C(=O)[C@H](C)OC(=O)Cn2cnc3c2c(=O)n(C)c(=O)n3C)cc1C. The maximum Gasteiger partial charge on any atom is 0.332 e. The predicted molar refractivity (Wildman–Crippen MR) is 111 cm³/mol. The van der Waals surface area contributed by atoms with Crippen LogP contribution in [0.5, 0.6) is 0 Å². The molecule has 0 aliphatic rings. The number of imidazole rings is 1. The van der Waals surface area contributed by atoms with E-state index in [4.69, 9.17) is 4.74 Å². The lowest BCUT2D eigenvalue weighted by molar-refractivity contribution is -0.146. The van der Waals surface area contributed by atoms with Gasteiger partial charge in [0.25, 0.3) is 5.56 Å². The Kier molecular flexibility index (Phi) is 5.47. The number of nitrogens with zero attached hydrogens (tertiary/aromatic N) is 4. The van der Waals surface area contributed by atoms with Crippen LogP contribution in [-0.2, 0) is 30.2 Å². The Labute approximate surface area is 172 Å². The maximum absolute atomic E-state index is 12.8. The van der Waals surface area contributed by atoms with E-state index in [2.05, 4.69) is 4.98 Å². The number of aryl methyl sites for hydroxylation is 4. The number of hydrogen-bond donors (Lipinski definition) is 0. The molecule has 0 fully saturated rings. The Balaban J connectivity index is 1.83. The van der Waals surface area contributed by atoms with Gasteiger partial charge in [-0.15, -0.1) is 0 Å². The molecule has 158 valence electrons. The second-order valence-electron chi connectivity index (χ2n) is 7.50. The summed E-state index contributed by atoms with van der Waals surface area (Å²) in [5.41, 5.74) is 2.60. The van der Waals surface area contributed by atoms with Crippen LogP contribution in [0.4, 0.5) is 0 Å². The van der Waals surface area contributed by atoms with Crippen LogP contribution in [0.1, 0.15) is 34.0 Å². The summed E-state index contributed by atoms with van der Waals surface area (Å²) in [6, 6.07) is 3.72. The average Bonchev–Trinajstić information content (AvgIpc) is 3.10. The standard InChI is InChI=1S/C21H24N4O5/c1-11-7-13(3)15(8-12(11)2)18(27)14(4)30-16(26)9-25-10-22-19-17(25)20(28)24(6)21(29)23(19)5/h7-8,10,14H,9H2,1-6H3/t14-/m0/s1. The fraction of sp³-hybridized carbons (Fsp3) is 0.381. The van der Waals surface area contributed by atoms with E-state index in [9.17, 15) is 19.2 Å². The van der Waals surface area contributed by atoms with Crippen molar-refractivity contribution in [1.82, 2.24) is 18.7 Å². The van der Waals surface area contributed by atoms with Crippen molar-refractivity contribution in [2.45, 2.75) is 40.3 Å². The molecule has 1 atom stereocenters. The zero-order chi connectivity index (χ0) is 22.3. The summed E-state index contributed by atoms with van der Waals surface area (Å²) in [6.07, 6.45) is 0.312. The Morgan fingerprint density at radius 3 is 2.33 bits per heavy atom. The van der Waals surface area contributed by atoms with Crippen molar-refractivity contribution >= 4 is 22.9 Å². The molecule has 0 unspecified atom stereocenters. The number of rotatable bonds is 5. The van der Waals surface area contributed by atoms with E-state index in [1.807, 2.05) is 26.8 Å². The maximum atomic E-state index is 12.8. The van der Waals surface area contributed by atoms with Crippen molar-refractivity contribution in [1.29, 1.82) is 0 Å². The summed E-state index contributed by atoms with van der Waals surface area (Å²) in [5.74, 6) is -0.981. The minimum atomic E-state index is -0.986. The first kappa shape index (κ1) is 21.2. The number of carbonyl (C=O) groups is 2. The number of aromatic nitrogens is 4. The molecule has 1 aromatic carbocycles. The van der Waals surface area contributed by atoms with Crippen LogP contribution in [-0.4, -0.2) is 36.5 Å². The van der Waals surface area contributed by atoms with Gasteiger partial charge in [-0.1, -0.05) is 6.07 Å². The monoisotopic (exact) mass is 412 g/mol. The number of carbonyl (C=O) groups excluding carboxylic acids is 2. The molecule has 3 rings (SSSR count). The summed E-state index contributed by atoms with van der Waals surface area (Å²) in [4.78, 5) is 53.8. The largest absolute Gasteiger partial charge is 0.453 e. The molecule has 9 nitrogen and oxygen atoms in total. The van der Waals surface area contributed by atoms with Gasteiger partial charge in [-0.25, -0.2) is 9.78 Å². The third-order valence-corrected chi connectivity index (χ3v) is 5.30. The fourth-order valence-corrected chi connectivity index (χ4v) is 3.39. The van der Waals surface area contributed by atoms with Crippen molar-refractivity contribution in [3.8, 4) is 0 Å². The lowest BCUT2D eigenvalue weighted by Crippen LogP contribution is -2.37. The Morgan fingerprint density at radius 2 is 1.67 bits per heavy atom. The minimum absolute atomic E-state index is 0.112. The van der Waals surface area contributed by atoms with Gasteiger partial charge in [0.05, 0.1) is 6.33 Å². The van der Waals surface area contributed by atoms with Crippen molar-refractivity contribution in [3.05, 3.63) is 61.6 Å². The number of benzene rings is 1. The van der Waals surface area contributed by atoms with Crippen molar-refractivity contribution in [3.63, 3.8) is 0 Å². The van der Waals surface area contributed by atoms with Crippen molar-refractivity contribution in [2.75, 3.05) is 0 Å². The molecule has 0 N–H and O–H groups in total. The quantitative estimate of drug-likeness (QED) is 0.460. The third-order valence-electron chi connectivity index (χ3n) is 5.30. The summed E-state index contributed by atoms with van der Waals surface area (Å²) in [5, 5.41) is 0. The van der Waals surface area contributed by atoms with Crippen molar-refractivity contribution in [2.24, 2.45) is 14.1 Å². The van der Waals surface area contributed by atoms with Crippen LogP contribution in [0.3, 0.4) is 0 Å². The Bertz CT molecular complexity index is 1300. The van der Waals surface area contributed by atoms with Crippen LogP contribution in [0.25, 0.3) is 11.2 Å². The topological polar surface area (TPSA) is 105 Å². The van der Waals surface area contributed by atoms with E-state index in [1.54, 1.807) is 6.07 Å². The third kappa shape index (κ3) is 3.58. The van der Waals surface area contributed by atoms with Gasteiger partial charge in [-0.2, -0.15) is 0 Å². The van der Waals surface area contributed by atoms with Gasteiger partial charge in [0.15, 0.2) is 17.3 Å². The molecular weight excluding hydrogens is 388 g/mol. The van der Waals surface area contributed by atoms with E-state index in [0.29, 0.717) is 5.56 Å². The molecule has 2 aromatic heterocycles. The summed E-state index contributed by atoms with van der Waals surface area (Å²) < 4.78 is 8.82. The summed E-state index contributed by atoms with van der Waals surface area (Å²) in [7, 11) is 2.85. The van der Waals surface area contributed by atoms with Gasteiger partial charge in [0, 0.05) is 19.7 Å². The molecule has 0 amide bonds. The van der Waals surface area contributed by atoms with Crippen LogP contribution >= 0.6 is 0 Å². The van der Waals surface area contributed by atoms with Crippen LogP contribution in [0.15, 0.2) is 28.0 Å². The number of fused-ring (bicyclic) bond motifs is 1. The molecule has 0 radical (unpaired) electrons. The molecule has 0 aliphatic heterocycles. The van der Waals surface area contributed by atoms with Crippen LogP contribution < -0.4 is 11.2 Å². The second kappa shape index (κ2) is 7.74. The first-order chi connectivity index (χ1) is 14.0. The van der Waals surface area contributed by atoms with Crippen LogP contribution in [0.2, 0.25) is 0 Å². The van der Waals surface area contributed by atoms with Gasteiger partial charge in [-0.3, -0.25) is 23.5 Å². The summed E-state index contributed by atoms with van der Waals surface area (Å²) >= 11 is 0. The summed E-state index contributed by atoms with van der Waals surface area (Å²) in [6.45, 7) is 6.93. The highest BCUT2D eigenvalue weighted by Crippen LogP contribution is 2.18. The van der Waals surface area contributed by atoms with Crippen LogP contribution in [0, 0.1) is 20.8 Å². The van der Waals surface area contributed by atoms with Gasteiger partial charge >= 0.3 is 11.7 Å². The average molecular weight is 412 g/mol. The number of ether oxygens (including phenoxy) is 1. The van der Waals surface area contributed by atoms with Gasteiger partial charge in [0.1, 0.15) is 6.54 Å². The van der Waals surface area contributed by atoms with Crippen molar-refractivity contribution < 1.29 is 14.3 Å². The van der Waals surface area contributed by atoms with E-state index in [1.165, 1.54) is 36.5 Å². The van der Waals surface area contributed by atoms with E-state index >= 15 is 0 Å². The van der Waals surface area contributed by atoms with E-state index in [0.717, 1.165) is 21.3 Å². The zero-order valence-corrected chi connectivity index (χ0v) is 17.8. The second-order valence-corrected chi connectivity index (χ2v) is 7.50. The molecule has 0 saturated carbocycles. The molecule has 30 heavy (non-hydrogen) atoms. The normalized spacial score (nSPS) is 12.2. The van der Waals surface area contributed by atoms with Gasteiger partial charge in [-0.05, 0) is 50.5 Å². The number of esters is 1. The predicted octanol–water partition coefficient (Wildman–Crippen LogP) is 1.17. The first-order valence-electron chi connectivity index (χ1n) is 9.45. The first-order valence-corrected chi connectivity index (χ1v) is 9.45. The molecule has 0 aliphatic carbocycles. The highest BCUT2D eigenvalue weighted by atomic mass is 16.5. The molecule has 0 spiro atoms. The molecule has 0 saturated heterocycles. The fourth-order valence-electron chi connectivity index (χ4n) is 3.39. The van der Waals surface area contributed by atoms with E-state index in [-0.39, 0.29) is 23.5 Å². The molecule has 9 heteroatoms. The molecule has 2 heterocycles. The number of Topliss-reactive ketones (excluding diaryl/α,β-unsaturated/α-hetero) is 1. The lowest BCUT2D eigenvalue weighted by atomic mass is 9.96.